The van der Waals surface area contributed by atoms with Gasteiger partial charge in [0.1, 0.15) is 0 Å². The molecule has 0 aromatic carbocycles. The number of nitrogens with one attached hydrogen (secondary N) is 1. The first kappa shape index (κ1) is 15.5. The van der Waals surface area contributed by atoms with Gasteiger partial charge in [-0.1, -0.05) is 0 Å². The van der Waals surface area contributed by atoms with Crippen LogP contribution in [0, 0.1) is 10.1 Å². The molecule has 0 unspecified atom stereocenters. The second-order valence-electron chi connectivity index (χ2n) is 4.48. The SMILES string of the molecule is COC1(OC)CN/C(=C\[N+](=O)[O-])N(Cn2ccnc2Cl)C1. The van der Waals surface area contributed by atoms with Gasteiger partial charge in [0.2, 0.25) is 11.1 Å². The molecule has 0 radical (unpaired) electrons. The highest BCUT2D eigenvalue weighted by molar-refractivity contribution is 6.28. The lowest BCUT2D eigenvalue weighted by atomic mass is 10.2. The van der Waals surface area contributed by atoms with Gasteiger partial charge in [0, 0.05) is 26.6 Å². The molecular weight excluding hydrogens is 302 g/mol. The minimum absolute atomic E-state index is 0.278. The van der Waals surface area contributed by atoms with Gasteiger partial charge in [0.05, 0.1) is 24.7 Å². The maximum absolute atomic E-state index is 10.7. The second kappa shape index (κ2) is 6.29. The quantitative estimate of drug-likeness (QED) is 0.479. The summed E-state index contributed by atoms with van der Waals surface area (Å²) in [6, 6.07) is 0. The summed E-state index contributed by atoms with van der Waals surface area (Å²) in [6.45, 7) is 0.884. The first-order valence-electron chi connectivity index (χ1n) is 6.11. The fourth-order valence-electron chi connectivity index (χ4n) is 2.08. The van der Waals surface area contributed by atoms with Gasteiger partial charge in [0.25, 0.3) is 6.20 Å². The van der Waals surface area contributed by atoms with Gasteiger partial charge in [-0.25, -0.2) is 4.98 Å². The van der Waals surface area contributed by atoms with Crippen LogP contribution in [0.5, 0.6) is 0 Å². The number of aromatic nitrogens is 2. The van der Waals surface area contributed by atoms with Gasteiger partial charge in [-0.3, -0.25) is 10.1 Å². The molecule has 0 bridgehead atoms. The van der Waals surface area contributed by atoms with Gasteiger partial charge < -0.3 is 24.3 Å². The van der Waals surface area contributed by atoms with Crippen LogP contribution in [-0.2, 0) is 16.1 Å². The van der Waals surface area contributed by atoms with E-state index in [1.807, 2.05) is 0 Å². The molecule has 0 spiro atoms. The number of hydrogen-bond acceptors (Lipinski definition) is 7. The van der Waals surface area contributed by atoms with Crippen LogP contribution in [0.1, 0.15) is 0 Å². The van der Waals surface area contributed by atoms with Crippen molar-refractivity contribution < 1.29 is 14.4 Å². The van der Waals surface area contributed by atoms with Gasteiger partial charge >= 0.3 is 0 Å². The van der Waals surface area contributed by atoms with Crippen molar-refractivity contribution in [1.29, 1.82) is 0 Å². The van der Waals surface area contributed by atoms with Crippen LogP contribution in [0.25, 0.3) is 0 Å². The van der Waals surface area contributed by atoms with E-state index in [1.54, 1.807) is 21.9 Å². The summed E-state index contributed by atoms with van der Waals surface area (Å²) in [5.74, 6) is -0.532. The highest BCUT2D eigenvalue weighted by atomic mass is 35.5. The Morgan fingerprint density at radius 2 is 2.33 bits per heavy atom. The molecule has 116 valence electrons. The van der Waals surface area contributed by atoms with E-state index < -0.39 is 10.7 Å². The van der Waals surface area contributed by atoms with E-state index in [0.29, 0.717) is 24.2 Å². The molecule has 1 aliphatic rings. The molecule has 2 heterocycles. The molecule has 10 heteroatoms. The average Bonchev–Trinajstić information content (AvgIpc) is 2.86. The van der Waals surface area contributed by atoms with E-state index in [4.69, 9.17) is 21.1 Å². The predicted octanol–water partition coefficient (Wildman–Crippen LogP) is 0.464. The third kappa shape index (κ3) is 3.43. The number of nitrogens with zero attached hydrogens (tertiary/aromatic N) is 4. The number of hydrogen-bond donors (Lipinski definition) is 1. The molecule has 0 aliphatic carbocycles. The fraction of sp³-hybridized carbons (Fsp3) is 0.545. The van der Waals surface area contributed by atoms with Crippen molar-refractivity contribution in [2.45, 2.75) is 12.5 Å². The summed E-state index contributed by atoms with van der Waals surface area (Å²) in [5.41, 5.74) is 0. The average molecular weight is 318 g/mol. The van der Waals surface area contributed by atoms with Crippen LogP contribution in [0.15, 0.2) is 24.4 Å². The molecule has 0 amide bonds. The van der Waals surface area contributed by atoms with Crippen molar-refractivity contribution >= 4 is 11.6 Å². The third-order valence-corrected chi connectivity index (χ3v) is 3.59. The van der Waals surface area contributed by atoms with Crippen LogP contribution in [-0.4, -0.2) is 52.5 Å². The molecule has 0 atom stereocenters. The Balaban J connectivity index is 2.24. The van der Waals surface area contributed by atoms with Crippen LogP contribution in [0.3, 0.4) is 0 Å². The predicted molar refractivity (Wildman–Crippen MR) is 73.8 cm³/mol. The van der Waals surface area contributed by atoms with Crippen molar-refractivity contribution in [2.75, 3.05) is 27.3 Å². The molecule has 0 saturated carbocycles. The summed E-state index contributed by atoms with van der Waals surface area (Å²) in [6.07, 6.45) is 4.14. The van der Waals surface area contributed by atoms with Crippen molar-refractivity contribution in [1.82, 2.24) is 19.8 Å². The van der Waals surface area contributed by atoms with Crippen LogP contribution in [0.4, 0.5) is 0 Å². The van der Waals surface area contributed by atoms with E-state index >= 15 is 0 Å². The number of halogens is 1. The number of rotatable bonds is 5. The number of imidazole rings is 1. The van der Waals surface area contributed by atoms with E-state index in [1.165, 1.54) is 14.2 Å². The Kier molecular flexibility index (Phi) is 4.66. The first-order chi connectivity index (χ1) is 9.99. The Morgan fingerprint density at radius 3 is 2.86 bits per heavy atom. The summed E-state index contributed by atoms with van der Waals surface area (Å²) in [7, 11) is 3.05. The Hall–Kier alpha value is -1.84. The molecule has 1 fully saturated rings. The summed E-state index contributed by atoms with van der Waals surface area (Å²) < 4.78 is 12.4. The standard InChI is InChI=1S/C11H16ClN5O4/c1-20-11(21-2)6-14-9(5-17(18)19)16(7-11)8-15-4-3-13-10(15)12/h3-5,14H,6-8H2,1-2H3/b9-5+. The lowest BCUT2D eigenvalue weighted by Crippen LogP contribution is -2.59. The first-order valence-corrected chi connectivity index (χ1v) is 6.48. The zero-order valence-electron chi connectivity index (χ0n) is 11.7. The normalized spacial score (nSPS) is 19.6. The summed E-state index contributed by atoms with van der Waals surface area (Å²) in [5, 5.41) is 14.0. The lowest BCUT2D eigenvalue weighted by molar-refractivity contribution is -0.405. The van der Waals surface area contributed by atoms with Crippen molar-refractivity contribution in [2.24, 2.45) is 0 Å². The zero-order valence-corrected chi connectivity index (χ0v) is 12.4. The molecular formula is C11H16ClN5O4. The van der Waals surface area contributed by atoms with Gasteiger partial charge in [-0.05, 0) is 11.6 Å². The topological polar surface area (TPSA) is 94.7 Å². The van der Waals surface area contributed by atoms with E-state index in [0.717, 1.165) is 6.20 Å². The van der Waals surface area contributed by atoms with Crippen LogP contribution < -0.4 is 5.32 Å². The Labute approximate surface area is 126 Å². The maximum atomic E-state index is 10.7. The Morgan fingerprint density at radius 1 is 1.62 bits per heavy atom. The lowest BCUT2D eigenvalue weighted by Gasteiger charge is -2.42. The molecule has 1 aliphatic heterocycles. The monoisotopic (exact) mass is 317 g/mol. The number of methoxy groups -OCH3 is 2. The smallest absolute Gasteiger partial charge is 0.274 e. The largest absolute Gasteiger partial charge is 0.361 e. The molecule has 1 saturated heterocycles. The highest BCUT2D eigenvalue weighted by Crippen LogP contribution is 2.22. The summed E-state index contributed by atoms with van der Waals surface area (Å²) >= 11 is 5.94. The van der Waals surface area contributed by atoms with Crippen molar-refractivity contribution in [3.05, 3.63) is 39.8 Å². The van der Waals surface area contributed by atoms with Gasteiger partial charge in [0.15, 0.2) is 5.82 Å². The highest BCUT2D eigenvalue weighted by Gasteiger charge is 2.38. The Bertz CT molecular complexity index is 542. The third-order valence-electron chi connectivity index (χ3n) is 3.27. The fourth-order valence-corrected chi connectivity index (χ4v) is 2.25. The van der Waals surface area contributed by atoms with E-state index in [2.05, 4.69) is 10.3 Å². The van der Waals surface area contributed by atoms with Gasteiger partial charge in [-0.2, -0.15) is 0 Å². The zero-order chi connectivity index (χ0) is 15.5. The van der Waals surface area contributed by atoms with Crippen molar-refractivity contribution in [3.63, 3.8) is 0 Å². The number of ether oxygens (including phenoxy) is 2. The molecule has 2 rings (SSSR count). The minimum atomic E-state index is -0.888. The summed E-state index contributed by atoms with van der Waals surface area (Å²) in [4.78, 5) is 15.8. The molecule has 21 heavy (non-hydrogen) atoms. The van der Waals surface area contributed by atoms with E-state index in [-0.39, 0.29) is 6.67 Å². The molecule has 1 N–H and O–H groups in total. The van der Waals surface area contributed by atoms with Crippen molar-refractivity contribution in [3.8, 4) is 0 Å². The second-order valence-corrected chi connectivity index (χ2v) is 4.82. The molecule has 1 aromatic rings. The molecule has 9 nitrogen and oxygen atoms in total. The van der Waals surface area contributed by atoms with Crippen LogP contribution in [0.2, 0.25) is 5.28 Å². The maximum Gasteiger partial charge on any atom is 0.274 e. The van der Waals surface area contributed by atoms with E-state index in [9.17, 15) is 10.1 Å². The van der Waals surface area contributed by atoms with Crippen LogP contribution >= 0.6 is 11.6 Å². The minimum Gasteiger partial charge on any atom is -0.361 e. The molecule has 1 aromatic heterocycles. The van der Waals surface area contributed by atoms with Gasteiger partial charge in [-0.15, -0.1) is 0 Å². The number of nitro groups is 1.